The number of H-pyrrole nitrogens is 1. The molecule has 0 fully saturated rings. The zero-order valence-electron chi connectivity index (χ0n) is 12.7. The van der Waals surface area contributed by atoms with Gasteiger partial charge in [0.2, 0.25) is 10.0 Å². The first-order chi connectivity index (χ1) is 11.1. The molecule has 0 aliphatic rings. The normalized spacial score (nSPS) is 12.9. The second-order valence-corrected chi connectivity index (χ2v) is 7.12. The zero-order valence-corrected chi connectivity index (χ0v) is 13.5. The molecule has 2 aromatic carbocycles. The average Bonchev–Trinajstić information content (AvgIpc) is 3.08. The number of hydrogen-bond acceptors (Lipinski definition) is 2. The molecule has 4 nitrogen and oxygen atoms in total. The van der Waals surface area contributed by atoms with Crippen LogP contribution in [-0.2, 0) is 10.0 Å². The van der Waals surface area contributed by atoms with Gasteiger partial charge in [-0.3, -0.25) is 0 Å². The Kier molecular flexibility index (Phi) is 4.32. The second-order valence-electron chi connectivity index (χ2n) is 5.40. The fraction of sp³-hybridized carbons (Fsp3) is 0.111. The summed E-state index contributed by atoms with van der Waals surface area (Å²) < 4.78 is 28.2. The lowest BCUT2D eigenvalue weighted by Crippen LogP contribution is -2.29. The maximum absolute atomic E-state index is 12.7. The number of hydrogen-bond donors (Lipinski definition) is 2. The molecule has 3 rings (SSSR count). The molecule has 0 aliphatic heterocycles. The number of rotatable bonds is 5. The highest BCUT2D eigenvalue weighted by molar-refractivity contribution is 7.89. The summed E-state index contributed by atoms with van der Waals surface area (Å²) in [5.41, 5.74) is 2.70. The van der Waals surface area contributed by atoms with E-state index < -0.39 is 16.1 Å². The highest BCUT2D eigenvalue weighted by atomic mass is 32.2. The number of benzene rings is 2. The molecule has 0 saturated carbocycles. The van der Waals surface area contributed by atoms with E-state index in [2.05, 4.69) is 9.71 Å². The summed E-state index contributed by atoms with van der Waals surface area (Å²) in [5, 5.41) is 0. The van der Waals surface area contributed by atoms with Crippen LogP contribution >= 0.6 is 0 Å². The first-order valence-electron chi connectivity index (χ1n) is 7.33. The molecule has 0 amide bonds. The van der Waals surface area contributed by atoms with Crippen LogP contribution in [0.2, 0.25) is 0 Å². The van der Waals surface area contributed by atoms with Gasteiger partial charge in [-0.2, -0.15) is 4.72 Å². The predicted molar refractivity (Wildman–Crippen MR) is 90.6 cm³/mol. The molecule has 118 valence electrons. The summed E-state index contributed by atoms with van der Waals surface area (Å²) in [5.74, 6) is 0. The van der Waals surface area contributed by atoms with Gasteiger partial charge in [-0.05, 0) is 36.8 Å². The quantitative estimate of drug-likeness (QED) is 0.755. The minimum Gasteiger partial charge on any atom is -0.363 e. The van der Waals surface area contributed by atoms with Crippen molar-refractivity contribution < 1.29 is 8.42 Å². The fourth-order valence-corrected chi connectivity index (χ4v) is 3.62. The van der Waals surface area contributed by atoms with E-state index in [0.29, 0.717) is 0 Å². The minimum atomic E-state index is -3.62. The average molecular weight is 326 g/mol. The Bertz CT molecular complexity index is 855. The Morgan fingerprint density at radius 2 is 1.61 bits per heavy atom. The van der Waals surface area contributed by atoms with Gasteiger partial charge in [0.25, 0.3) is 0 Å². The van der Waals surface area contributed by atoms with E-state index in [9.17, 15) is 8.42 Å². The highest BCUT2D eigenvalue weighted by Gasteiger charge is 2.23. The molecular weight excluding hydrogens is 308 g/mol. The second kappa shape index (κ2) is 6.40. The van der Waals surface area contributed by atoms with E-state index in [-0.39, 0.29) is 4.90 Å². The van der Waals surface area contributed by atoms with Crippen molar-refractivity contribution >= 4 is 10.0 Å². The summed E-state index contributed by atoms with van der Waals surface area (Å²) in [4.78, 5) is 3.35. The third-order valence-corrected chi connectivity index (χ3v) is 5.11. The lowest BCUT2D eigenvalue weighted by atomic mass is 10.1. The van der Waals surface area contributed by atoms with Gasteiger partial charge in [-0.15, -0.1) is 0 Å². The number of nitrogens with one attached hydrogen (secondary N) is 2. The fourth-order valence-electron chi connectivity index (χ4n) is 2.42. The zero-order chi connectivity index (χ0) is 16.3. The summed E-state index contributed by atoms with van der Waals surface area (Å²) in [6, 6.07) is 19.6. The van der Waals surface area contributed by atoms with Gasteiger partial charge in [0.05, 0.1) is 10.9 Å². The topological polar surface area (TPSA) is 62.0 Å². The summed E-state index contributed by atoms with van der Waals surface area (Å²) in [6.07, 6.45) is 1.78. The van der Waals surface area contributed by atoms with Gasteiger partial charge in [0.15, 0.2) is 0 Å². The first-order valence-corrected chi connectivity index (χ1v) is 8.82. The smallest absolute Gasteiger partial charge is 0.241 e. The van der Waals surface area contributed by atoms with Crippen molar-refractivity contribution in [1.29, 1.82) is 0 Å². The largest absolute Gasteiger partial charge is 0.363 e. The van der Waals surface area contributed by atoms with E-state index in [0.717, 1.165) is 16.8 Å². The van der Waals surface area contributed by atoms with Crippen molar-refractivity contribution in [2.45, 2.75) is 17.9 Å². The van der Waals surface area contributed by atoms with Crippen LogP contribution in [0.1, 0.15) is 22.9 Å². The van der Waals surface area contributed by atoms with Crippen LogP contribution < -0.4 is 4.72 Å². The Labute approximate surface area is 136 Å². The van der Waals surface area contributed by atoms with Crippen LogP contribution in [-0.4, -0.2) is 13.4 Å². The van der Waals surface area contributed by atoms with Crippen LogP contribution in [0.5, 0.6) is 0 Å². The van der Waals surface area contributed by atoms with Crippen molar-refractivity contribution in [3.8, 4) is 0 Å². The van der Waals surface area contributed by atoms with Crippen LogP contribution in [0.3, 0.4) is 0 Å². The molecule has 23 heavy (non-hydrogen) atoms. The number of aryl methyl sites for hydroxylation is 1. The van der Waals surface area contributed by atoms with Gasteiger partial charge in [0.1, 0.15) is 0 Å². The molecule has 2 N–H and O–H groups in total. The molecule has 0 aliphatic carbocycles. The van der Waals surface area contributed by atoms with Crippen LogP contribution in [0.4, 0.5) is 0 Å². The van der Waals surface area contributed by atoms with Crippen LogP contribution in [0, 0.1) is 6.92 Å². The molecule has 1 atom stereocenters. The molecular formula is C18H18N2O2S. The maximum Gasteiger partial charge on any atom is 0.241 e. The maximum atomic E-state index is 12.7. The monoisotopic (exact) mass is 326 g/mol. The number of sulfonamides is 1. The van der Waals surface area contributed by atoms with E-state index in [1.165, 1.54) is 0 Å². The van der Waals surface area contributed by atoms with E-state index in [1.54, 1.807) is 30.5 Å². The third kappa shape index (κ3) is 3.52. The van der Waals surface area contributed by atoms with Gasteiger partial charge in [0, 0.05) is 11.9 Å². The summed E-state index contributed by atoms with van der Waals surface area (Å²) in [6.45, 7) is 1.93. The minimum absolute atomic E-state index is 0.260. The van der Waals surface area contributed by atoms with Gasteiger partial charge in [-0.25, -0.2) is 8.42 Å². The van der Waals surface area contributed by atoms with Gasteiger partial charge < -0.3 is 4.98 Å². The van der Waals surface area contributed by atoms with Crippen molar-refractivity contribution in [2.24, 2.45) is 0 Å². The van der Waals surface area contributed by atoms with E-state index in [1.807, 2.05) is 49.4 Å². The lowest BCUT2D eigenvalue weighted by molar-refractivity contribution is 0.570. The van der Waals surface area contributed by atoms with E-state index in [4.69, 9.17) is 0 Å². The number of aromatic amines is 1. The van der Waals surface area contributed by atoms with Crippen LogP contribution in [0.15, 0.2) is 77.8 Å². The van der Waals surface area contributed by atoms with Gasteiger partial charge >= 0.3 is 0 Å². The Morgan fingerprint density at radius 1 is 0.913 bits per heavy atom. The molecule has 1 aromatic heterocycles. The molecule has 0 radical (unpaired) electrons. The SMILES string of the molecule is Cc1ccc(S(=O)(=O)NC(c2ccccc2)c2ccc[nH]2)cc1. The molecule has 0 saturated heterocycles. The molecule has 0 bridgehead atoms. The Balaban J connectivity index is 1.97. The number of aromatic nitrogens is 1. The molecule has 5 heteroatoms. The third-order valence-electron chi connectivity index (χ3n) is 3.67. The molecule has 0 spiro atoms. The van der Waals surface area contributed by atoms with Crippen LogP contribution in [0.25, 0.3) is 0 Å². The Morgan fingerprint density at radius 3 is 2.22 bits per heavy atom. The molecule has 1 heterocycles. The van der Waals surface area contributed by atoms with Crippen molar-refractivity contribution in [3.63, 3.8) is 0 Å². The van der Waals surface area contributed by atoms with Crippen molar-refractivity contribution in [1.82, 2.24) is 9.71 Å². The summed E-state index contributed by atoms with van der Waals surface area (Å²) >= 11 is 0. The van der Waals surface area contributed by atoms with Crippen molar-refractivity contribution in [3.05, 3.63) is 89.7 Å². The standard InChI is InChI=1S/C18H18N2O2S/c1-14-9-11-16(12-10-14)23(21,22)20-18(17-8-5-13-19-17)15-6-3-2-4-7-15/h2-13,18-20H,1H3. The predicted octanol–water partition coefficient (Wildman–Crippen LogP) is 3.39. The first kappa shape index (κ1) is 15.5. The Hall–Kier alpha value is -2.37. The lowest BCUT2D eigenvalue weighted by Gasteiger charge is -2.18. The van der Waals surface area contributed by atoms with E-state index >= 15 is 0 Å². The summed E-state index contributed by atoms with van der Waals surface area (Å²) in [7, 11) is -3.62. The van der Waals surface area contributed by atoms with Crippen molar-refractivity contribution in [2.75, 3.05) is 0 Å². The van der Waals surface area contributed by atoms with Gasteiger partial charge in [-0.1, -0.05) is 48.0 Å². The molecule has 1 unspecified atom stereocenters. The highest BCUT2D eigenvalue weighted by Crippen LogP contribution is 2.23. The molecule has 3 aromatic rings.